The van der Waals surface area contributed by atoms with Crippen molar-refractivity contribution < 1.29 is 0 Å². The summed E-state index contributed by atoms with van der Waals surface area (Å²) in [7, 11) is 0. The lowest BCUT2D eigenvalue weighted by molar-refractivity contribution is 1.30. The van der Waals surface area contributed by atoms with Gasteiger partial charge in [0.05, 0.1) is 0 Å². The van der Waals surface area contributed by atoms with Crippen molar-refractivity contribution in [1.82, 2.24) is 0 Å². The van der Waals surface area contributed by atoms with Crippen LogP contribution in [0.25, 0.3) is 51.1 Å². The quantitative estimate of drug-likeness (QED) is 0.230. The van der Waals surface area contributed by atoms with Crippen LogP contribution in [0.5, 0.6) is 0 Å². The smallest absolute Gasteiger partial charge is 0.0476 e. The number of anilines is 3. The number of rotatable bonds is 3. The summed E-state index contributed by atoms with van der Waals surface area (Å²) in [5.74, 6) is 0. The van der Waals surface area contributed by atoms with Gasteiger partial charge in [-0.05, 0) is 59.3 Å². The van der Waals surface area contributed by atoms with Gasteiger partial charge >= 0.3 is 0 Å². The molecule has 1 nitrogen and oxygen atoms in total. The first-order chi connectivity index (χ1) is 18.3. The molecule has 0 spiro atoms. The maximum absolute atomic E-state index is 2.38. The molecule has 0 amide bonds. The summed E-state index contributed by atoms with van der Waals surface area (Å²) in [5.41, 5.74) is 3.51. The van der Waals surface area contributed by atoms with Crippen molar-refractivity contribution in [3.8, 4) is 0 Å². The van der Waals surface area contributed by atoms with Crippen molar-refractivity contribution in [2.75, 3.05) is 4.90 Å². The van der Waals surface area contributed by atoms with Crippen LogP contribution in [0, 0.1) is 0 Å². The molecule has 8 aromatic rings. The Bertz CT molecular complexity index is 2100. The maximum atomic E-state index is 2.38. The van der Waals surface area contributed by atoms with Gasteiger partial charge in [-0.25, -0.2) is 0 Å². The minimum atomic E-state index is 1.16. The lowest BCUT2D eigenvalue weighted by Gasteiger charge is -2.25. The van der Waals surface area contributed by atoms with Crippen molar-refractivity contribution in [3.63, 3.8) is 0 Å². The molecule has 3 heteroatoms. The monoisotopic (exact) mass is 507 g/mol. The van der Waals surface area contributed by atoms with E-state index in [2.05, 4.69) is 132 Å². The van der Waals surface area contributed by atoms with Crippen LogP contribution in [-0.2, 0) is 0 Å². The van der Waals surface area contributed by atoms with E-state index in [0.29, 0.717) is 0 Å². The fourth-order valence-corrected chi connectivity index (χ4v) is 7.87. The zero-order valence-electron chi connectivity index (χ0n) is 19.9. The minimum Gasteiger partial charge on any atom is -0.310 e. The average Bonchev–Trinajstić information content (AvgIpc) is 3.52. The molecule has 0 unspecified atom stereocenters. The molecule has 0 saturated carbocycles. The first-order valence-electron chi connectivity index (χ1n) is 12.4. The average molecular weight is 508 g/mol. The third-order valence-electron chi connectivity index (χ3n) is 7.24. The normalized spacial score (nSPS) is 11.8. The number of para-hydroxylation sites is 1. The second kappa shape index (κ2) is 8.17. The predicted octanol–water partition coefficient (Wildman–Crippen LogP) is 11.0. The zero-order chi connectivity index (χ0) is 24.3. The largest absolute Gasteiger partial charge is 0.310 e. The van der Waals surface area contributed by atoms with Crippen LogP contribution in [0.15, 0.2) is 127 Å². The summed E-state index contributed by atoms with van der Waals surface area (Å²) in [6.07, 6.45) is 0. The lowest BCUT2D eigenvalue weighted by Crippen LogP contribution is -2.09. The second-order valence-electron chi connectivity index (χ2n) is 9.40. The van der Waals surface area contributed by atoms with E-state index < -0.39 is 0 Å². The van der Waals surface area contributed by atoms with Crippen molar-refractivity contribution in [2.24, 2.45) is 0 Å². The molecule has 0 N–H and O–H groups in total. The Balaban J connectivity index is 1.36. The Hall–Kier alpha value is -4.18. The number of fused-ring (bicyclic) bond motifs is 8. The molecule has 0 saturated heterocycles. The van der Waals surface area contributed by atoms with E-state index in [1.54, 1.807) is 0 Å². The number of thiophene rings is 2. The molecule has 2 aromatic heterocycles. The lowest BCUT2D eigenvalue weighted by atomic mass is 10.1. The van der Waals surface area contributed by atoms with Gasteiger partial charge in [0.25, 0.3) is 0 Å². The highest BCUT2D eigenvalue weighted by atomic mass is 32.1. The van der Waals surface area contributed by atoms with Gasteiger partial charge in [-0.3, -0.25) is 0 Å². The van der Waals surface area contributed by atoms with Gasteiger partial charge < -0.3 is 4.90 Å². The second-order valence-corrected chi connectivity index (χ2v) is 11.5. The number of benzene rings is 6. The molecule has 8 rings (SSSR count). The fraction of sp³-hybridized carbons (Fsp3) is 0. The molecule has 0 radical (unpaired) electrons. The first-order valence-corrected chi connectivity index (χ1v) is 14.1. The summed E-state index contributed by atoms with van der Waals surface area (Å²) in [5, 5.41) is 7.92. The van der Waals surface area contributed by atoms with E-state index in [-0.39, 0.29) is 0 Å². The van der Waals surface area contributed by atoms with Crippen molar-refractivity contribution in [1.29, 1.82) is 0 Å². The van der Waals surface area contributed by atoms with Crippen LogP contribution in [0.1, 0.15) is 0 Å². The van der Waals surface area contributed by atoms with Gasteiger partial charge in [-0.15, -0.1) is 22.7 Å². The molecule has 0 aliphatic carbocycles. The van der Waals surface area contributed by atoms with Crippen LogP contribution in [0.4, 0.5) is 17.1 Å². The summed E-state index contributed by atoms with van der Waals surface area (Å²) in [6, 6.07) is 46.4. The highest BCUT2D eigenvalue weighted by Gasteiger charge is 2.16. The molecule has 6 aromatic carbocycles. The zero-order valence-corrected chi connectivity index (χ0v) is 21.5. The van der Waals surface area contributed by atoms with Crippen molar-refractivity contribution in [3.05, 3.63) is 127 Å². The molecule has 2 heterocycles. The molecule has 174 valence electrons. The Kier molecular flexibility index (Phi) is 4.63. The minimum absolute atomic E-state index is 1.16. The van der Waals surface area contributed by atoms with Gasteiger partial charge in [0.1, 0.15) is 0 Å². The highest BCUT2D eigenvalue weighted by molar-refractivity contribution is 7.26. The Morgan fingerprint density at radius 2 is 1.05 bits per heavy atom. The Morgan fingerprint density at radius 1 is 0.378 bits per heavy atom. The standard InChI is InChI=1S/C34H21NS2/c1-2-9-23(10-3-1)35(24-16-19-32-30(20-24)27-12-6-7-13-31(27)36-32)25-15-18-28-29-17-14-22-8-4-5-11-26(22)34(29)37-33(28)21-25/h1-21H. The van der Waals surface area contributed by atoms with E-state index in [4.69, 9.17) is 0 Å². The van der Waals surface area contributed by atoms with Gasteiger partial charge in [-0.2, -0.15) is 0 Å². The third-order valence-corrected chi connectivity index (χ3v) is 9.59. The highest BCUT2D eigenvalue weighted by Crippen LogP contribution is 2.44. The predicted molar refractivity (Wildman–Crippen MR) is 164 cm³/mol. The third kappa shape index (κ3) is 3.28. The topological polar surface area (TPSA) is 3.24 Å². The first kappa shape index (κ1) is 21.0. The molecule has 37 heavy (non-hydrogen) atoms. The van der Waals surface area contributed by atoms with Gasteiger partial charge in [0.15, 0.2) is 0 Å². The Morgan fingerprint density at radius 3 is 1.97 bits per heavy atom. The van der Waals surface area contributed by atoms with Crippen LogP contribution < -0.4 is 4.90 Å². The van der Waals surface area contributed by atoms with Crippen molar-refractivity contribution in [2.45, 2.75) is 0 Å². The Labute approximate surface area is 222 Å². The van der Waals surface area contributed by atoms with E-state index >= 15 is 0 Å². The van der Waals surface area contributed by atoms with E-state index in [9.17, 15) is 0 Å². The SMILES string of the molecule is c1ccc(N(c2ccc3c(c2)sc2c4ccccc4ccc32)c2ccc3sc4ccccc4c3c2)cc1. The summed E-state index contributed by atoms with van der Waals surface area (Å²) in [4.78, 5) is 2.38. The number of hydrogen-bond acceptors (Lipinski definition) is 3. The van der Waals surface area contributed by atoms with Crippen LogP contribution >= 0.6 is 22.7 Å². The number of hydrogen-bond donors (Lipinski definition) is 0. The van der Waals surface area contributed by atoms with E-state index in [0.717, 1.165) is 5.69 Å². The number of nitrogens with zero attached hydrogens (tertiary/aromatic N) is 1. The molecular weight excluding hydrogens is 487 g/mol. The summed E-state index contributed by atoms with van der Waals surface area (Å²) < 4.78 is 5.33. The van der Waals surface area contributed by atoms with E-state index in [1.165, 1.54) is 62.5 Å². The molecular formula is C34H21NS2. The van der Waals surface area contributed by atoms with Gasteiger partial charge in [0.2, 0.25) is 0 Å². The summed E-state index contributed by atoms with van der Waals surface area (Å²) >= 11 is 3.76. The van der Waals surface area contributed by atoms with Crippen LogP contribution in [0.2, 0.25) is 0 Å². The van der Waals surface area contributed by atoms with Gasteiger partial charge in [0, 0.05) is 57.4 Å². The molecule has 0 atom stereocenters. The van der Waals surface area contributed by atoms with Crippen LogP contribution in [0.3, 0.4) is 0 Å². The van der Waals surface area contributed by atoms with Gasteiger partial charge in [-0.1, -0.05) is 78.9 Å². The summed E-state index contributed by atoms with van der Waals surface area (Å²) in [6.45, 7) is 0. The fourth-order valence-electron chi connectivity index (χ4n) is 5.51. The maximum Gasteiger partial charge on any atom is 0.0476 e. The van der Waals surface area contributed by atoms with Crippen molar-refractivity contribution >= 4 is 90.9 Å². The molecule has 0 fully saturated rings. The molecule has 0 aliphatic rings. The van der Waals surface area contributed by atoms with E-state index in [1.807, 2.05) is 22.7 Å². The van der Waals surface area contributed by atoms with Crippen LogP contribution in [-0.4, -0.2) is 0 Å². The molecule has 0 aliphatic heterocycles. The molecule has 0 bridgehead atoms.